The van der Waals surface area contributed by atoms with Gasteiger partial charge in [-0.3, -0.25) is 4.79 Å². The van der Waals surface area contributed by atoms with Gasteiger partial charge in [0.1, 0.15) is 0 Å². The van der Waals surface area contributed by atoms with E-state index in [-0.39, 0.29) is 11.6 Å². The molecule has 6 nitrogen and oxygen atoms in total. The zero-order valence-electron chi connectivity index (χ0n) is 10.8. The van der Waals surface area contributed by atoms with Crippen molar-refractivity contribution in [2.45, 2.75) is 6.42 Å². The van der Waals surface area contributed by atoms with Crippen LogP contribution >= 0.6 is 27.3 Å². The largest absolute Gasteiger partial charge is 0.476 e. The number of thiazole rings is 1. The monoisotopic (exact) mass is 369 g/mol. The van der Waals surface area contributed by atoms with Crippen LogP contribution in [0.15, 0.2) is 28.1 Å². The summed E-state index contributed by atoms with van der Waals surface area (Å²) in [6, 6.07) is 4.98. The summed E-state index contributed by atoms with van der Waals surface area (Å²) in [5.41, 5.74) is 6.67. The first-order valence-electron chi connectivity index (χ1n) is 5.97. The van der Waals surface area contributed by atoms with Crippen LogP contribution in [0.4, 0.5) is 5.69 Å². The molecule has 0 atom stereocenters. The van der Waals surface area contributed by atoms with E-state index in [2.05, 4.69) is 26.2 Å². The molecule has 8 heteroatoms. The Labute approximate surface area is 133 Å². The number of halogens is 1. The van der Waals surface area contributed by atoms with Gasteiger partial charge >= 0.3 is 5.97 Å². The SMILES string of the molecule is Nc1cc(Br)cc(C(=O)NCCc2nc(C(=O)O)cs2)c1. The number of hydrogen-bond acceptors (Lipinski definition) is 5. The summed E-state index contributed by atoms with van der Waals surface area (Å²) < 4.78 is 0.735. The van der Waals surface area contributed by atoms with Gasteiger partial charge in [-0.15, -0.1) is 11.3 Å². The van der Waals surface area contributed by atoms with Crippen molar-refractivity contribution in [1.82, 2.24) is 10.3 Å². The van der Waals surface area contributed by atoms with Crippen molar-refractivity contribution in [3.63, 3.8) is 0 Å². The second-order valence-electron chi connectivity index (χ2n) is 4.21. The first kappa shape index (κ1) is 15.5. The van der Waals surface area contributed by atoms with E-state index in [1.54, 1.807) is 18.2 Å². The summed E-state index contributed by atoms with van der Waals surface area (Å²) in [5.74, 6) is -1.29. The number of aromatic carboxylic acids is 1. The number of benzene rings is 1. The smallest absolute Gasteiger partial charge is 0.355 e. The Kier molecular flexibility index (Phi) is 4.92. The molecule has 0 aliphatic rings. The molecular weight excluding hydrogens is 358 g/mol. The number of carbonyl (C=O) groups is 2. The molecule has 21 heavy (non-hydrogen) atoms. The molecule has 0 spiro atoms. The number of rotatable bonds is 5. The Balaban J connectivity index is 1.90. The van der Waals surface area contributed by atoms with Crippen molar-refractivity contribution in [2.24, 2.45) is 0 Å². The molecule has 1 aromatic carbocycles. The molecule has 0 radical (unpaired) electrons. The molecule has 1 amide bonds. The topological polar surface area (TPSA) is 105 Å². The summed E-state index contributed by atoms with van der Waals surface area (Å²) in [5, 5.41) is 13.7. The summed E-state index contributed by atoms with van der Waals surface area (Å²) in [4.78, 5) is 26.6. The van der Waals surface area contributed by atoms with Crippen molar-refractivity contribution < 1.29 is 14.7 Å². The Morgan fingerprint density at radius 1 is 1.38 bits per heavy atom. The summed E-state index contributed by atoms with van der Waals surface area (Å²) >= 11 is 4.54. The molecule has 1 aromatic heterocycles. The van der Waals surface area contributed by atoms with E-state index in [0.717, 1.165) is 4.47 Å². The van der Waals surface area contributed by atoms with E-state index in [4.69, 9.17) is 10.8 Å². The van der Waals surface area contributed by atoms with Crippen molar-refractivity contribution in [2.75, 3.05) is 12.3 Å². The van der Waals surface area contributed by atoms with Crippen LogP contribution < -0.4 is 11.1 Å². The lowest BCUT2D eigenvalue weighted by atomic mass is 10.2. The Bertz CT molecular complexity index is 667. The highest BCUT2D eigenvalue weighted by Gasteiger charge is 2.10. The van der Waals surface area contributed by atoms with E-state index < -0.39 is 5.97 Å². The maximum absolute atomic E-state index is 12.0. The molecule has 0 saturated heterocycles. The number of nitrogens with zero attached hydrogens (tertiary/aromatic N) is 1. The molecule has 1 heterocycles. The Morgan fingerprint density at radius 2 is 2.14 bits per heavy atom. The number of amides is 1. The number of carboxylic acid groups (broad SMARTS) is 1. The first-order chi connectivity index (χ1) is 9.95. The molecule has 0 unspecified atom stereocenters. The van der Waals surface area contributed by atoms with Gasteiger partial charge in [0, 0.05) is 34.1 Å². The quantitative estimate of drug-likeness (QED) is 0.700. The van der Waals surface area contributed by atoms with E-state index in [0.29, 0.717) is 29.2 Å². The second-order valence-corrected chi connectivity index (χ2v) is 6.07. The zero-order chi connectivity index (χ0) is 15.4. The fraction of sp³-hybridized carbons (Fsp3) is 0.154. The molecule has 2 aromatic rings. The van der Waals surface area contributed by atoms with E-state index in [1.165, 1.54) is 16.7 Å². The highest BCUT2D eigenvalue weighted by molar-refractivity contribution is 9.10. The minimum atomic E-state index is -1.05. The third kappa shape index (κ3) is 4.27. The number of aromatic nitrogens is 1. The number of hydrogen-bond donors (Lipinski definition) is 3. The van der Waals surface area contributed by atoms with Gasteiger partial charge in [-0.1, -0.05) is 15.9 Å². The molecule has 4 N–H and O–H groups in total. The predicted molar refractivity (Wildman–Crippen MR) is 83.7 cm³/mol. The molecule has 0 aliphatic heterocycles. The minimum absolute atomic E-state index is 0.0288. The van der Waals surface area contributed by atoms with E-state index in [1.807, 2.05) is 0 Å². The summed E-state index contributed by atoms with van der Waals surface area (Å²) in [7, 11) is 0. The zero-order valence-corrected chi connectivity index (χ0v) is 13.2. The predicted octanol–water partition coefficient (Wildman–Crippen LogP) is 2.16. The van der Waals surface area contributed by atoms with Gasteiger partial charge in [-0.05, 0) is 18.2 Å². The average molecular weight is 370 g/mol. The summed E-state index contributed by atoms with van der Waals surface area (Å²) in [6.07, 6.45) is 0.479. The normalized spacial score (nSPS) is 10.3. The highest BCUT2D eigenvalue weighted by atomic mass is 79.9. The van der Waals surface area contributed by atoms with Crippen molar-refractivity contribution in [1.29, 1.82) is 0 Å². The molecule has 0 aliphatic carbocycles. The lowest BCUT2D eigenvalue weighted by Crippen LogP contribution is -2.25. The number of nitrogen functional groups attached to an aromatic ring is 1. The van der Waals surface area contributed by atoms with E-state index >= 15 is 0 Å². The van der Waals surface area contributed by atoms with E-state index in [9.17, 15) is 9.59 Å². The van der Waals surface area contributed by atoms with Crippen LogP contribution in [0.5, 0.6) is 0 Å². The average Bonchev–Trinajstić information content (AvgIpc) is 2.86. The van der Waals surface area contributed by atoms with Gasteiger partial charge < -0.3 is 16.2 Å². The van der Waals surface area contributed by atoms with Crippen LogP contribution in [-0.2, 0) is 6.42 Å². The number of nitrogens with one attached hydrogen (secondary N) is 1. The molecular formula is C13H12BrN3O3S. The highest BCUT2D eigenvalue weighted by Crippen LogP contribution is 2.17. The van der Waals surface area contributed by atoms with Gasteiger partial charge in [-0.25, -0.2) is 9.78 Å². The fourth-order valence-corrected chi connectivity index (χ4v) is 2.94. The number of carboxylic acids is 1. The van der Waals surface area contributed by atoms with Crippen LogP contribution in [0.2, 0.25) is 0 Å². The first-order valence-corrected chi connectivity index (χ1v) is 7.65. The Morgan fingerprint density at radius 3 is 2.76 bits per heavy atom. The molecule has 0 bridgehead atoms. The van der Waals surface area contributed by atoms with Crippen LogP contribution in [0, 0.1) is 0 Å². The Hall–Kier alpha value is -1.93. The number of nitrogens with two attached hydrogens (primary N) is 1. The minimum Gasteiger partial charge on any atom is -0.476 e. The molecule has 110 valence electrons. The third-order valence-electron chi connectivity index (χ3n) is 2.58. The molecule has 0 saturated carbocycles. The van der Waals surface area contributed by atoms with Gasteiger partial charge in [0.2, 0.25) is 0 Å². The molecule has 0 fully saturated rings. The summed E-state index contributed by atoms with van der Waals surface area (Å²) in [6.45, 7) is 0.373. The van der Waals surface area contributed by atoms with Crippen molar-refractivity contribution >= 4 is 44.8 Å². The standard InChI is InChI=1S/C13H12BrN3O3S/c14-8-3-7(4-9(15)5-8)12(18)16-2-1-11-17-10(6-21-11)13(19)20/h3-6H,1-2,15H2,(H,16,18)(H,19,20). The lowest BCUT2D eigenvalue weighted by molar-refractivity contribution is 0.0690. The maximum atomic E-state index is 12.0. The van der Waals surface area contributed by atoms with Crippen molar-refractivity contribution in [3.8, 4) is 0 Å². The number of carbonyl (C=O) groups excluding carboxylic acids is 1. The van der Waals surface area contributed by atoms with Crippen LogP contribution in [0.25, 0.3) is 0 Å². The van der Waals surface area contributed by atoms with Gasteiger partial charge in [0.25, 0.3) is 5.91 Å². The maximum Gasteiger partial charge on any atom is 0.355 e. The third-order valence-corrected chi connectivity index (χ3v) is 3.94. The van der Waals surface area contributed by atoms with Crippen molar-refractivity contribution in [3.05, 3.63) is 44.3 Å². The van der Waals surface area contributed by atoms with Gasteiger partial charge in [-0.2, -0.15) is 0 Å². The van der Waals surface area contributed by atoms with Crippen LogP contribution in [0.1, 0.15) is 25.9 Å². The fourth-order valence-electron chi connectivity index (χ4n) is 1.65. The van der Waals surface area contributed by atoms with Crippen LogP contribution in [0.3, 0.4) is 0 Å². The van der Waals surface area contributed by atoms with Gasteiger partial charge in [0.15, 0.2) is 5.69 Å². The van der Waals surface area contributed by atoms with Crippen LogP contribution in [-0.4, -0.2) is 28.5 Å². The lowest BCUT2D eigenvalue weighted by Gasteiger charge is -2.05. The number of anilines is 1. The second kappa shape index (κ2) is 6.68. The molecule has 2 rings (SSSR count). The van der Waals surface area contributed by atoms with Gasteiger partial charge in [0.05, 0.1) is 5.01 Å².